The van der Waals surface area contributed by atoms with Gasteiger partial charge >= 0.3 is 0 Å². The van der Waals surface area contributed by atoms with Crippen molar-refractivity contribution in [1.82, 2.24) is 9.55 Å². The Kier molecular flexibility index (Phi) is 3.15. The molecule has 0 amide bonds. The van der Waals surface area contributed by atoms with E-state index in [1.54, 1.807) is 0 Å². The van der Waals surface area contributed by atoms with Gasteiger partial charge in [0.25, 0.3) is 0 Å². The van der Waals surface area contributed by atoms with Crippen LogP contribution in [0.3, 0.4) is 0 Å². The molecule has 0 saturated heterocycles. The van der Waals surface area contributed by atoms with E-state index in [4.69, 9.17) is 20.2 Å². The molecule has 1 aromatic heterocycles. The Bertz CT molecular complexity index is 866. The number of nitrogens with zero attached hydrogens (tertiary/aromatic N) is 2. The van der Waals surface area contributed by atoms with Crippen LogP contribution in [0.2, 0.25) is 0 Å². The summed E-state index contributed by atoms with van der Waals surface area (Å²) in [5, 5.41) is 0. The van der Waals surface area contributed by atoms with E-state index in [0.717, 1.165) is 39.6 Å². The summed E-state index contributed by atoms with van der Waals surface area (Å²) in [5.74, 6) is 2.48. The van der Waals surface area contributed by atoms with Crippen LogP contribution in [0.1, 0.15) is 19.9 Å². The molecule has 2 aromatic carbocycles. The lowest BCUT2D eigenvalue weighted by atomic mass is 10.2. The molecule has 0 aliphatic carbocycles. The molecule has 3 aromatic rings. The van der Waals surface area contributed by atoms with Crippen molar-refractivity contribution in [2.75, 3.05) is 18.9 Å². The van der Waals surface area contributed by atoms with Gasteiger partial charge in [-0.05, 0) is 38.1 Å². The van der Waals surface area contributed by atoms with Gasteiger partial charge in [-0.15, -0.1) is 0 Å². The monoisotopic (exact) mass is 309 g/mol. The van der Waals surface area contributed by atoms with E-state index in [1.807, 2.05) is 36.4 Å². The number of nitrogen functional groups attached to an aromatic ring is 1. The van der Waals surface area contributed by atoms with Gasteiger partial charge in [-0.3, -0.25) is 0 Å². The van der Waals surface area contributed by atoms with Crippen molar-refractivity contribution >= 4 is 16.7 Å². The molecule has 0 bridgehead atoms. The summed E-state index contributed by atoms with van der Waals surface area (Å²) in [4.78, 5) is 4.83. The summed E-state index contributed by atoms with van der Waals surface area (Å²) in [6, 6.07) is 12.1. The van der Waals surface area contributed by atoms with E-state index in [0.29, 0.717) is 13.2 Å². The molecule has 2 heterocycles. The van der Waals surface area contributed by atoms with Gasteiger partial charge in [0.2, 0.25) is 0 Å². The van der Waals surface area contributed by atoms with E-state index < -0.39 is 0 Å². The average Bonchev–Trinajstić information content (AvgIpc) is 2.91. The highest BCUT2D eigenvalue weighted by Gasteiger charge is 2.20. The first-order valence-corrected chi connectivity index (χ1v) is 7.81. The molecule has 4 rings (SSSR count). The Morgan fingerprint density at radius 1 is 1.04 bits per heavy atom. The fraction of sp³-hybridized carbons (Fsp3) is 0.278. The molecule has 1 aliphatic rings. The van der Waals surface area contributed by atoms with Crippen LogP contribution in [0.5, 0.6) is 11.5 Å². The highest BCUT2D eigenvalue weighted by atomic mass is 16.6. The summed E-state index contributed by atoms with van der Waals surface area (Å²) in [6.07, 6.45) is 0. The third-order valence-corrected chi connectivity index (χ3v) is 4.04. The summed E-state index contributed by atoms with van der Waals surface area (Å²) < 4.78 is 13.6. The highest BCUT2D eigenvalue weighted by molar-refractivity contribution is 5.84. The van der Waals surface area contributed by atoms with Gasteiger partial charge in [0, 0.05) is 29.4 Å². The first-order valence-electron chi connectivity index (χ1n) is 7.81. The van der Waals surface area contributed by atoms with Gasteiger partial charge in [-0.25, -0.2) is 4.98 Å². The van der Waals surface area contributed by atoms with Crippen LogP contribution in [0.25, 0.3) is 22.4 Å². The Hall–Kier alpha value is -2.69. The molecule has 0 saturated carbocycles. The third kappa shape index (κ3) is 2.29. The Morgan fingerprint density at radius 2 is 1.70 bits per heavy atom. The Balaban J connectivity index is 1.96. The van der Waals surface area contributed by atoms with Crippen LogP contribution in [-0.2, 0) is 0 Å². The Labute approximate surface area is 134 Å². The van der Waals surface area contributed by atoms with Gasteiger partial charge in [0.05, 0.1) is 11.0 Å². The van der Waals surface area contributed by atoms with Crippen LogP contribution < -0.4 is 15.2 Å². The van der Waals surface area contributed by atoms with Gasteiger partial charge in [0.1, 0.15) is 19.0 Å². The molecule has 2 N–H and O–H groups in total. The normalized spacial score (nSPS) is 13.7. The van der Waals surface area contributed by atoms with Gasteiger partial charge < -0.3 is 19.8 Å². The first-order chi connectivity index (χ1) is 11.1. The predicted octanol–water partition coefficient (Wildman–Crippen LogP) is 3.64. The molecule has 0 unspecified atom stereocenters. The Morgan fingerprint density at radius 3 is 2.35 bits per heavy atom. The summed E-state index contributed by atoms with van der Waals surface area (Å²) >= 11 is 0. The predicted molar refractivity (Wildman–Crippen MR) is 91.0 cm³/mol. The van der Waals surface area contributed by atoms with Crippen molar-refractivity contribution in [2.45, 2.75) is 19.9 Å². The second kappa shape index (κ2) is 5.19. The lowest BCUT2D eigenvalue weighted by Crippen LogP contribution is -2.15. The molecule has 118 valence electrons. The van der Waals surface area contributed by atoms with Crippen LogP contribution in [0, 0.1) is 0 Å². The van der Waals surface area contributed by atoms with E-state index in [1.165, 1.54) is 0 Å². The third-order valence-electron chi connectivity index (χ3n) is 4.04. The lowest BCUT2D eigenvalue weighted by molar-refractivity contribution is 0.172. The number of hydrogen-bond donors (Lipinski definition) is 1. The summed E-state index contributed by atoms with van der Waals surface area (Å²) in [7, 11) is 0. The first kappa shape index (κ1) is 13.9. The molecule has 0 spiro atoms. The molecule has 0 fully saturated rings. The number of rotatable bonds is 2. The molecule has 5 nitrogen and oxygen atoms in total. The zero-order chi connectivity index (χ0) is 16.0. The summed E-state index contributed by atoms with van der Waals surface area (Å²) in [6.45, 7) is 5.46. The number of aromatic nitrogens is 2. The minimum absolute atomic E-state index is 0.273. The number of imidazole rings is 1. The standard InChI is InChI=1S/C18H19N3O2/c1-11(2)21-15-10-17-16(22-7-8-23-17)9-14(15)20-18(21)12-3-5-13(19)6-4-12/h3-6,9-11H,7-8,19H2,1-2H3. The van der Waals surface area contributed by atoms with E-state index in [9.17, 15) is 0 Å². The van der Waals surface area contributed by atoms with Crippen LogP contribution in [0.15, 0.2) is 36.4 Å². The van der Waals surface area contributed by atoms with Crippen molar-refractivity contribution in [1.29, 1.82) is 0 Å². The fourth-order valence-corrected chi connectivity index (χ4v) is 2.99. The van der Waals surface area contributed by atoms with Crippen LogP contribution in [0.4, 0.5) is 5.69 Å². The maximum Gasteiger partial charge on any atom is 0.163 e. The molecule has 5 heteroatoms. The number of anilines is 1. The molecular weight excluding hydrogens is 290 g/mol. The topological polar surface area (TPSA) is 62.3 Å². The van der Waals surface area contributed by atoms with Crippen LogP contribution in [-0.4, -0.2) is 22.8 Å². The second-order valence-corrected chi connectivity index (χ2v) is 6.01. The number of benzene rings is 2. The molecule has 0 radical (unpaired) electrons. The lowest BCUT2D eigenvalue weighted by Gasteiger charge is -2.19. The number of hydrogen-bond acceptors (Lipinski definition) is 4. The zero-order valence-corrected chi connectivity index (χ0v) is 13.2. The molecule has 23 heavy (non-hydrogen) atoms. The quantitative estimate of drug-likeness (QED) is 0.734. The average molecular weight is 309 g/mol. The fourth-order valence-electron chi connectivity index (χ4n) is 2.99. The zero-order valence-electron chi connectivity index (χ0n) is 13.2. The van der Waals surface area contributed by atoms with Crippen molar-refractivity contribution in [3.8, 4) is 22.9 Å². The number of nitrogens with two attached hydrogens (primary N) is 1. The number of fused-ring (bicyclic) bond motifs is 2. The van der Waals surface area contributed by atoms with E-state index >= 15 is 0 Å². The SMILES string of the molecule is CC(C)n1c(-c2ccc(N)cc2)nc2cc3c(cc21)OCCO3. The van der Waals surface area contributed by atoms with Crippen molar-refractivity contribution < 1.29 is 9.47 Å². The van der Waals surface area contributed by atoms with Gasteiger partial charge in [-0.2, -0.15) is 0 Å². The highest BCUT2D eigenvalue weighted by Crippen LogP contribution is 2.37. The van der Waals surface area contributed by atoms with E-state index in [2.05, 4.69) is 18.4 Å². The van der Waals surface area contributed by atoms with Crippen molar-refractivity contribution in [3.63, 3.8) is 0 Å². The van der Waals surface area contributed by atoms with Gasteiger partial charge in [0.15, 0.2) is 11.5 Å². The molecular formula is C18H19N3O2. The minimum Gasteiger partial charge on any atom is -0.486 e. The van der Waals surface area contributed by atoms with Crippen molar-refractivity contribution in [3.05, 3.63) is 36.4 Å². The van der Waals surface area contributed by atoms with Crippen molar-refractivity contribution in [2.24, 2.45) is 0 Å². The molecule has 0 atom stereocenters. The maximum absolute atomic E-state index is 5.80. The minimum atomic E-state index is 0.273. The second-order valence-electron chi connectivity index (χ2n) is 6.01. The maximum atomic E-state index is 5.80. The largest absolute Gasteiger partial charge is 0.486 e. The smallest absolute Gasteiger partial charge is 0.163 e. The molecule has 1 aliphatic heterocycles. The van der Waals surface area contributed by atoms with Gasteiger partial charge in [-0.1, -0.05) is 0 Å². The number of ether oxygens (including phenoxy) is 2. The summed E-state index contributed by atoms with van der Waals surface area (Å²) in [5.41, 5.74) is 9.56. The van der Waals surface area contributed by atoms with Crippen LogP contribution >= 0.6 is 0 Å². The van der Waals surface area contributed by atoms with E-state index in [-0.39, 0.29) is 6.04 Å².